The molecule has 1 saturated heterocycles. The topological polar surface area (TPSA) is 66.5 Å². The van der Waals surface area contributed by atoms with E-state index in [1.165, 1.54) is 11.9 Å². The quantitative estimate of drug-likeness (QED) is 0.807. The normalized spacial score (nSPS) is 19.8. The van der Waals surface area contributed by atoms with Gasteiger partial charge in [0.2, 0.25) is 0 Å². The Morgan fingerprint density at radius 2 is 2.09 bits per heavy atom. The summed E-state index contributed by atoms with van der Waals surface area (Å²) in [6.07, 6.45) is 2.38. The molecule has 0 radical (unpaired) electrons. The molecule has 1 atom stereocenters. The molecule has 0 saturated carbocycles. The molecule has 22 heavy (non-hydrogen) atoms. The molecule has 7 heteroatoms. The number of amides is 2. The second kappa shape index (κ2) is 7.87. The molecule has 1 N–H and O–H groups in total. The van der Waals surface area contributed by atoms with Crippen molar-refractivity contribution in [3.63, 3.8) is 0 Å². The van der Waals surface area contributed by atoms with Gasteiger partial charge in [0.15, 0.2) is 9.84 Å². The van der Waals surface area contributed by atoms with E-state index in [1.807, 2.05) is 30.3 Å². The van der Waals surface area contributed by atoms with Crippen LogP contribution in [-0.4, -0.2) is 43.4 Å². The molecule has 0 aliphatic carbocycles. The van der Waals surface area contributed by atoms with E-state index in [2.05, 4.69) is 11.6 Å². The summed E-state index contributed by atoms with van der Waals surface area (Å²) in [7, 11) is -2.99. The zero-order valence-electron chi connectivity index (χ0n) is 12.7. The van der Waals surface area contributed by atoms with Crippen molar-refractivity contribution in [1.29, 1.82) is 0 Å². The van der Waals surface area contributed by atoms with Crippen LogP contribution in [0.1, 0.15) is 26.2 Å². The highest BCUT2D eigenvalue weighted by Crippen LogP contribution is 2.20. The first-order valence-corrected chi connectivity index (χ1v) is 10.1. The lowest BCUT2D eigenvalue weighted by Crippen LogP contribution is -2.45. The van der Waals surface area contributed by atoms with Crippen LogP contribution in [0.15, 0.2) is 35.2 Å². The molecule has 2 rings (SSSR count). The second-order valence-electron chi connectivity index (χ2n) is 5.43. The van der Waals surface area contributed by atoms with Crippen LogP contribution in [0.3, 0.4) is 0 Å². The Labute approximate surface area is 136 Å². The fourth-order valence-corrected chi connectivity index (χ4v) is 4.80. The average Bonchev–Trinajstić information content (AvgIpc) is 2.86. The van der Waals surface area contributed by atoms with Crippen LogP contribution in [0.5, 0.6) is 0 Å². The number of unbranched alkanes of at least 4 members (excludes halogenated alkanes) is 1. The third-order valence-corrected chi connectivity index (χ3v) is 6.20. The molecule has 0 spiro atoms. The molecule has 0 bridgehead atoms. The lowest BCUT2D eigenvalue weighted by Gasteiger charge is -2.28. The third-order valence-electron chi connectivity index (χ3n) is 3.66. The first-order valence-electron chi connectivity index (χ1n) is 7.51. The summed E-state index contributed by atoms with van der Waals surface area (Å²) in [5.74, 6) is 0.263. The smallest absolute Gasteiger partial charge is 0.320 e. The van der Waals surface area contributed by atoms with Crippen LogP contribution in [0.2, 0.25) is 0 Å². The van der Waals surface area contributed by atoms with Gasteiger partial charge in [0, 0.05) is 17.5 Å². The predicted molar refractivity (Wildman–Crippen MR) is 89.5 cm³/mol. The van der Waals surface area contributed by atoms with Gasteiger partial charge in [0.1, 0.15) is 0 Å². The molecule has 122 valence electrons. The fourth-order valence-electron chi connectivity index (χ4n) is 2.45. The van der Waals surface area contributed by atoms with Crippen molar-refractivity contribution >= 4 is 27.8 Å². The number of carbonyl (C=O) groups excluding carboxylic acids is 1. The van der Waals surface area contributed by atoms with Gasteiger partial charge in [-0.1, -0.05) is 31.5 Å². The Bertz CT molecular complexity index is 590. The Kier molecular flexibility index (Phi) is 6.14. The molecule has 1 aromatic rings. The van der Waals surface area contributed by atoms with Gasteiger partial charge in [0.25, 0.3) is 0 Å². The van der Waals surface area contributed by atoms with E-state index in [1.54, 1.807) is 4.90 Å². The minimum absolute atomic E-state index is 0.0835. The predicted octanol–water partition coefficient (Wildman–Crippen LogP) is 2.69. The summed E-state index contributed by atoms with van der Waals surface area (Å²) in [4.78, 5) is 15.1. The minimum atomic E-state index is -2.99. The summed E-state index contributed by atoms with van der Waals surface area (Å²) in [5.41, 5.74) is 0. The van der Waals surface area contributed by atoms with Gasteiger partial charge in [-0.15, -0.1) is 0 Å². The van der Waals surface area contributed by atoms with Gasteiger partial charge in [0.05, 0.1) is 11.5 Å². The van der Waals surface area contributed by atoms with E-state index in [0.717, 1.165) is 17.7 Å². The lowest BCUT2D eigenvalue weighted by atomic mass is 10.2. The van der Waals surface area contributed by atoms with Crippen LogP contribution in [-0.2, 0) is 9.84 Å². The van der Waals surface area contributed by atoms with E-state index in [-0.39, 0.29) is 23.6 Å². The summed E-state index contributed by atoms with van der Waals surface area (Å²) in [5, 5.41) is 0. The number of sulfone groups is 1. The van der Waals surface area contributed by atoms with Crippen LogP contribution < -0.4 is 4.72 Å². The highest BCUT2D eigenvalue weighted by molar-refractivity contribution is 7.98. The Hall–Kier alpha value is -1.21. The first-order chi connectivity index (χ1) is 10.5. The number of hydrogen-bond donors (Lipinski definition) is 1. The highest BCUT2D eigenvalue weighted by atomic mass is 32.2. The number of nitrogens with one attached hydrogen (secondary N) is 1. The fraction of sp³-hybridized carbons (Fsp3) is 0.533. The van der Waals surface area contributed by atoms with Gasteiger partial charge in [-0.2, -0.15) is 0 Å². The van der Waals surface area contributed by atoms with Crippen LogP contribution in [0.4, 0.5) is 4.79 Å². The van der Waals surface area contributed by atoms with Gasteiger partial charge in [-0.25, -0.2) is 13.2 Å². The summed E-state index contributed by atoms with van der Waals surface area (Å²) in [6, 6.07) is 9.17. The van der Waals surface area contributed by atoms with Crippen molar-refractivity contribution < 1.29 is 13.2 Å². The summed E-state index contributed by atoms with van der Waals surface area (Å²) >= 11 is 1.26. The summed E-state index contributed by atoms with van der Waals surface area (Å²) < 4.78 is 26.1. The Morgan fingerprint density at radius 1 is 1.36 bits per heavy atom. The zero-order chi connectivity index (χ0) is 16.0. The van der Waals surface area contributed by atoms with Crippen LogP contribution in [0.25, 0.3) is 0 Å². The molecule has 0 aromatic heterocycles. The van der Waals surface area contributed by atoms with E-state index in [4.69, 9.17) is 0 Å². The van der Waals surface area contributed by atoms with E-state index < -0.39 is 9.84 Å². The van der Waals surface area contributed by atoms with Crippen molar-refractivity contribution in [3.05, 3.63) is 30.3 Å². The zero-order valence-corrected chi connectivity index (χ0v) is 14.3. The number of nitrogens with zero attached hydrogens (tertiary/aromatic N) is 1. The van der Waals surface area contributed by atoms with Gasteiger partial charge >= 0.3 is 6.03 Å². The maximum atomic E-state index is 12.4. The number of urea groups is 1. The van der Waals surface area contributed by atoms with Gasteiger partial charge < -0.3 is 4.90 Å². The molecule has 5 nitrogen and oxygen atoms in total. The van der Waals surface area contributed by atoms with Crippen molar-refractivity contribution in [2.75, 3.05) is 18.1 Å². The molecule has 1 aliphatic heterocycles. The van der Waals surface area contributed by atoms with Crippen molar-refractivity contribution in [2.24, 2.45) is 0 Å². The first kappa shape index (κ1) is 17.1. The maximum absolute atomic E-state index is 12.4. The highest BCUT2D eigenvalue weighted by Gasteiger charge is 2.34. The van der Waals surface area contributed by atoms with E-state index >= 15 is 0 Å². The largest absolute Gasteiger partial charge is 0.327 e. The Balaban J connectivity index is 1.97. The number of carbonyl (C=O) groups is 1. The molecule has 1 aliphatic rings. The molecule has 1 aromatic carbocycles. The molecular formula is C15H22N2O3S2. The SMILES string of the molecule is CCCCN(C(=O)NSc1ccccc1)C1CCS(=O)(=O)C1. The second-order valence-corrected chi connectivity index (χ2v) is 8.53. The van der Waals surface area contributed by atoms with Gasteiger partial charge in [-0.3, -0.25) is 4.72 Å². The van der Waals surface area contributed by atoms with Crippen LogP contribution in [0, 0.1) is 0 Å². The van der Waals surface area contributed by atoms with Gasteiger partial charge in [-0.05, 0) is 36.9 Å². The maximum Gasteiger partial charge on any atom is 0.327 e. The third kappa shape index (κ3) is 4.91. The average molecular weight is 342 g/mol. The molecular weight excluding hydrogens is 320 g/mol. The monoisotopic (exact) mass is 342 g/mol. The van der Waals surface area contributed by atoms with E-state index in [0.29, 0.717) is 13.0 Å². The molecule has 1 fully saturated rings. The number of benzene rings is 1. The van der Waals surface area contributed by atoms with Crippen molar-refractivity contribution in [3.8, 4) is 0 Å². The summed E-state index contributed by atoms with van der Waals surface area (Å²) in [6.45, 7) is 2.65. The Morgan fingerprint density at radius 3 is 2.68 bits per heavy atom. The van der Waals surface area contributed by atoms with E-state index in [9.17, 15) is 13.2 Å². The number of rotatable bonds is 6. The van der Waals surface area contributed by atoms with Crippen LogP contribution >= 0.6 is 11.9 Å². The van der Waals surface area contributed by atoms with Crippen molar-refractivity contribution in [2.45, 2.75) is 37.1 Å². The van der Waals surface area contributed by atoms with Crippen molar-refractivity contribution in [1.82, 2.24) is 9.62 Å². The minimum Gasteiger partial charge on any atom is -0.320 e. The molecule has 1 unspecified atom stereocenters. The molecule has 1 heterocycles. The lowest BCUT2D eigenvalue weighted by molar-refractivity contribution is 0.185. The standard InChI is InChI=1S/C15H22N2O3S2/c1-2-3-10-17(13-9-11-22(19,20)12-13)15(18)16-21-14-7-5-4-6-8-14/h4-8,13H,2-3,9-12H2,1H3,(H,16,18). The number of hydrogen-bond acceptors (Lipinski definition) is 4. The molecule has 2 amide bonds.